The van der Waals surface area contributed by atoms with E-state index in [9.17, 15) is 4.79 Å². The number of benzene rings is 1. The van der Waals surface area contributed by atoms with Crippen molar-refractivity contribution in [1.82, 2.24) is 5.43 Å². The number of carbonyl (C=O) groups is 1. The Hall–Kier alpha value is -2.36. The molecule has 0 radical (unpaired) electrons. The molecule has 4 nitrogen and oxygen atoms in total. The maximum absolute atomic E-state index is 12.2. The summed E-state index contributed by atoms with van der Waals surface area (Å²) in [6, 6.07) is 12.3. The molecule has 0 aliphatic heterocycles. The van der Waals surface area contributed by atoms with Gasteiger partial charge in [-0.25, -0.2) is 5.43 Å². The molecular formula is C20H24N2O2. The van der Waals surface area contributed by atoms with E-state index in [-0.39, 0.29) is 17.2 Å². The largest absolute Gasteiger partial charge is 0.463 e. The molecule has 2 aromatic rings. The molecule has 1 aliphatic carbocycles. The summed E-state index contributed by atoms with van der Waals surface area (Å²) in [6.45, 7) is 8.42. The average Bonchev–Trinajstić information content (AvgIpc) is 3.16. The van der Waals surface area contributed by atoms with E-state index in [2.05, 4.69) is 55.6 Å². The third-order valence-electron chi connectivity index (χ3n) is 4.54. The number of nitrogens with zero attached hydrogens (tertiary/aromatic N) is 1. The van der Waals surface area contributed by atoms with Gasteiger partial charge in [0.1, 0.15) is 11.5 Å². The minimum absolute atomic E-state index is 0.0126. The van der Waals surface area contributed by atoms with E-state index < -0.39 is 0 Å². The smallest absolute Gasteiger partial charge is 0.243 e. The van der Waals surface area contributed by atoms with E-state index in [1.165, 1.54) is 11.1 Å². The normalized spacial score (nSPS) is 20.8. The summed E-state index contributed by atoms with van der Waals surface area (Å²) in [5, 5.41) is 4.13. The first-order chi connectivity index (χ1) is 11.4. The monoisotopic (exact) mass is 324 g/mol. The average molecular weight is 324 g/mol. The molecule has 1 heterocycles. The van der Waals surface area contributed by atoms with E-state index in [1.807, 2.05) is 13.0 Å². The molecule has 1 aromatic carbocycles. The van der Waals surface area contributed by atoms with E-state index >= 15 is 0 Å². The number of rotatable bonds is 4. The van der Waals surface area contributed by atoms with E-state index in [0.29, 0.717) is 17.4 Å². The Morgan fingerprint density at radius 3 is 2.50 bits per heavy atom. The van der Waals surface area contributed by atoms with Gasteiger partial charge in [0.25, 0.3) is 0 Å². The van der Waals surface area contributed by atoms with E-state index in [1.54, 1.807) is 12.3 Å². The van der Waals surface area contributed by atoms with Crippen LogP contribution in [0.5, 0.6) is 0 Å². The second kappa shape index (κ2) is 6.27. The predicted molar refractivity (Wildman–Crippen MR) is 95.1 cm³/mol. The Bertz CT molecular complexity index is 737. The molecule has 0 unspecified atom stereocenters. The fourth-order valence-electron chi connectivity index (χ4n) is 2.84. The lowest BCUT2D eigenvalue weighted by molar-refractivity contribution is -0.122. The molecule has 0 saturated heterocycles. The third kappa shape index (κ3) is 3.58. The SMILES string of the molecule is C/C(=N\NC(=O)[C@@H]1C[C@H]1c1ccc(C(C)(C)C)cc1)c1ccco1. The highest BCUT2D eigenvalue weighted by Crippen LogP contribution is 2.47. The van der Waals surface area contributed by atoms with Gasteiger partial charge in [0.05, 0.1) is 6.26 Å². The van der Waals surface area contributed by atoms with Crippen LogP contribution in [0.25, 0.3) is 0 Å². The Labute approximate surface area is 143 Å². The van der Waals surface area contributed by atoms with E-state index in [4.69, 9.17) is 4.42 Å². The van der Waals surface area contributed by atoms with Crippen molar-refractivity contribution in [3.05, 3.63) is 59.5 Å². The summed E-state index contributed by atoms with van der Waals surface area (Å²) in [4.78, 5) is 12.2. The van der Waals surface area contributed by atoms with Crippen LogP contribution in [-0.4, -0.2) is 11.6 Å². The maximum atomic E-state index is 12.2. The number of carbonyl (C=O) groups excluding carboxylic acids is 1. The van der Waals surface area contributed by atoms with Crippen LogP contribution in [0, 0.1) is 5.92 Å². The quantitative estimate of drug-likeness (QED) is 0.676. The van der Waals surface area contributed by atoms with Crippen molar-refractivity contribution < 1.29 is 9.21 Å². The molecule has 1 amide bonds. The lowest BCUT2D eigenvalue weighted by atomic mass is 9.86. The topological polar surface area (TPSA) is 54.6 Å². The van der Waals surface area contributed by atoms with Crippen LogP contribution in [-0.2, 0) is 10.2 Å². The Morgan fingerprint density at radius 1 is 1.21 bits per heavy atom. The van der Waals surface area contributed by atoms with Crippen molar-refractivity contribution in [3.8, 4) is 0 Å². The van der Waals surface area contributed by atoms with Crippen molar-refractivity contribution in [2.24, 2.45) is 11.0 Å². The highest BCUT2D eigenvalue weighted by atomic mass is 16.3. The molecule has 24 heavy (non-hydrogen) atoms. The molecule has 2 atom stereocenters. The molecule has 1 aliphatic rings. The Morgan fingerprint density at radius 2 is 1.92 bits per heavy atom. The first kappa shape index (κ1) is 16.5. The molecular weight excluding hydrogens is 300 g/mol. The summed E-state index contributed by atoms with van der Waals surface area (Å²) in [5.41, 5.74) is 6.02. The molecule has 4 heteroatoms. The van der Waals surface area contributed by atoms with Crippen molar-refractivity contribution in [2.45, 2.75) is 45.4 Å². The van der Waals surface area contributed by atoms with Gasteiger partial charge in [0.2, 0.25) is 5.91 Å². The second-order valence-electron chi connectivity index (χ2n) is 7.47. The zero-order chi connectivity index (χ0) is 17.3. The van der Waals surface area contributed by atoms with Crippen LogP contribution in [0.4, 0.5) is 0 Å². The van der Waals surface area contributed by atoms with Crippen LogP contribution in [0.15, 0.2) is 52.2 Å². The fraction of sp³-hybridized carbons (Fsp3) is 0.400. The van der Waals surface area contributed by atoms with Gasteiger partial charge >= 0.3 is 0 Å². The van der Waals surface area contributed by atoms with Crippen LogP contribution in [0.1, 0.15) is 56.9 Å². The van der Waals surface area contributed by atoms with E-state index in [0.717, 1.165) is 6.42 Å². The Balaban J connectivity index is 1.59. The minimum atomic E-state index is -0.0224. The minimum Gasteiger partial charge on any atom is -0.463 e. The summed E-state index contributed by atoms with van der Waals surface area (Å²) in [6.07, 6.45) is 2.48. The number of hydrazone groups is 1. The van der Waals surface area contributed by atoms with Gasteiger partial charge in [0.15, 0.2) is 0 Å². The maximum Gasteiger partial charge on any atom is 0.243 e. The lowest BCUT2D eigenvalue weighted by Gasteiger charge is -2.19. The molecule has 1 aromatic heterocycles. The third-order valence-corrected chi connectivity index (χ3v) is 4.54. The fourth-order valence-corrected chi connectivity index (χ4v) is 2.84. The second-order valence-corrected chi connectivity index (χ2v) is 7.47. The van der Waals surface area contributed by atoms with Gasteiger partial charge in [0, 0.05) is 5.92 Å². The molecule has 126 valence electrons. The van der Waals surface area contributed by atoms with Crippen molar-refractivity contribution in [1.29, 1.82) is 0 Å². The predicted octanol–water partition coefficient (Wildman–Crippen LogP) is 4.22. The number of furan rings is 1. The van der Waals surface area contributed by atoms with Gasteiger partial charge in [-0.1, -0.05) is 45.0 Å². The summed E-state index contributed by atoms with van der Waals surface area (Å²) in [7, 11) is 0. The molecule has 1 fully saturated rings. The number of nitrogens with one attached hydrogen (secondary N) is 1. The van der Waals surface area contributed by atoms with Crippen molar-refractivity contribution in [3.63, 3.8) is 0 Å². The van der Waals surface area contributed by atoms with Gasteiger partial charge in [-0.15, -0.1) is 0 Å². The Kier molecular flexibility index (Phi) is 4.31. The molecule has 0 bridgehead atoms. The lowest BCUT2D eigenvalue weighted by Crippen LogP contribution is -2.21. The van der Waals surface area contributed by atoms with Gasteiger partial charge in [-0.05, 0) is 47.9 Å². The van der Waals surface area contributed by atoms with Gasteiger partial charge < -0.3 is 4.42 Å². The standard InChI is InChI=1S/C20H24N2O2/c1-13(18-6-5-11-24-18)21-22-19(23)17-12-16(17)14-7-9-15(10-8-14)20(2,3)4/h5-11,16-17H,12H2,1-4H3,(H,22,23)/b21-13+/t16-,17+/m0/s1. The van der Waals surface area contributed by atoms with Crippen LogP contribution in [0.2, 0.25) is 0 Å². The zero-order valence-corrected chi connectivity index (χ0v) is 14.7. The van der Waals surface area contributed by atoms with Crippen LogP contribution >= 0.6 is 0 Å². The molecule has 0 spiro atoms. The summed E-state index contributed by atoms with van der Waals surface area (Å²) in [5.74, 6) is 0.961. The number of hydrogen-bond acceptors (Lipinski definition) is 3. The zero-order valence-electron chi connectivity index (χ0n) is 14.7. The van der Waals surface area contributed by atoms with Gasteiger partial charge in [-0.2, -0.15) is 5.10 Å². The molecule has 1 saturated carbocycles. The summed E-state index contributed by atoms with van der Waals surface area (Å²) >= 11 is 0. The van der Waals surface area contributed by atoms with Gasteiger partial charge in [-0.3, -0.25) is 4.79 Å². The first-order valence-corrected chi connectivity index (χ1v) is 8.35. The number of amides is 1. The van der Waals surface area contributed by atoms with Crippen LogP contribution < -0.4 is 5.43 Å². The highest BCUT2D eigenvalue weighted by Gasteiger charge is 2.44. The first-order valence-electron chi connectivity index (χ1n) is 8.35. The summed E-state index contributed by atoms with van der Waals surface area (Å²) < 4.78 is 5.25. The molecule has 3 rings (SSSR count). The van der Waals surface area contributed by atoms with Crippen molar-refractivity contribution in [2.75, 3.05) is 0 Å². The number of hydrogen-bond donors (Lipinski definition) is 1. The van der Waals surface area contributed by atoms with Crippen molar-refractivity contribution >= 4 is 11.6 Å². The highest BCUT2D eigenvalue weighted by molar-refractivity contribution is 5.97. The molecule has 1 N–H and O–H groups in total. The van der Waals surface area contributed by atoms with Crippen LogP contribution in [0.3, 0.4) is 0 Å².